The lowest BCUT2D eigenvalue weighted by molar-refractivity contribution is -0.144. The van der Waals surface area contributed by atoms with Crippen molar-refractivity contribution < 1.29 is 34.2 Å². The number of aliphatic carboxylic acids is 2. The molecule has 1 fully saturated rings. The molecule has 0 aliphatic carbocycles. The third-order valence-electron chi connectivity index (χ3n) is 5.02. The van der Waals surface area contributed by atoms with Gasteiger partial charge in [-0.05, 0) is 49.7 Å². The van der Waals surface area contributed by atoms with Crippen LogP contribution in [0.4, 0.5) is 0 Å². The molecule has 0 radical (unpaired) electrons. The van der Waals surface area contributed by atoms with Crippen LogP contribution in [-0.2, 0) is 24.0 Å². The average molecular weight is 493 g/mol. The van der Waals surface area contributed by atoms with Crippen molar-refractivity contribution in [1.29, 1.82) is 0 Å². The lowest BCUT2D eigenvalue weighted by Crippen LogP contribution is -2.56. The largest absolute Gasteiger partial charge is 0.481 e. The summed E-state index contributed by atoms with van der Waals surface area (Å²) in [6.45, 7) is 0.266. The molecule has 6 N–H and O–H groups in total. The standard InChI is InChI=1S/C19H32N4O7S2/c1-31-8-5-12(16(26)22-13(19(29)30)6-9-32-2)21-17(27)14-4-3-7-23(14)18(28)11(20)10-15(24)25/h11-14H,3-10,20H2,1-2H3,(H,21,27)(H,22,26)(H,24,25)(H,29,30). The number of nitrogens with two attached hydrogens (primary N) is 1. The second-order valence-electron chi connectivity index (χ2n) is 7.42. The number of amides is 3. The Labute approximate surface area is 195 Å². The second-order valence-corrected chi connectivity index (χ2v) is 9.39. The average Bonchev–Trinajstić information content (AvgIpc) is 3.22. The highest BCUT2D eigenvalue weighted by atomic mass is 32.2. The Balaban J connectivity index is 2.87. The summed E-state index contributed by atoms with van der Waals surface area (Å²) >= 11 is 2.93. The van der Waals surface area contributed by atoms with Crippen molar-refractivity contribution in [1.82, 2.24) is 15.5 Å². The third-order valence-corrected chi connectivity index (χ3v) is 6.31. The van der Waals surface area contributed by atoms with E-state index in [-0.39, 0.29) is 19.4 Å². The van der Waals surface area contributed by atoms with E-state index in [0.29, 0.717) is 24.3 Å². The summed E-state index contributed by atoms with van der Waals surface area (Å²) in [6, 6.07) is -4.15. The van der Waals surface area contributed by atoms with Gasteiger partial charge >= 0.3 is 11.9 Å². The van der Waals surface area contributed by atoms with Gasteiger partial charge in [0.25, 0.3) is 0 Å². The summed E-state index contributed by atoms with van der Waals surface area (Å²) in [7, 11) is 0. The Bertz CT molecular complexity index is 695. The van der Waals surface area contributed by atoms with Crippen LogP contribution in [-0.4, -0.2) is 99.5 Å². The van der Waals surface area contributed by atoms with E-state index in [9.17, 15) is 29.1 Å². The molecule has 1 aliphatic rings. The number of hydrogen-bond acceptors (Lipinski definition) is 8. The number of carboxylic acids is 2. The quantitative estimate of drug-likeness (QED) is 0.209. The number of carbonyl (C=O) groups excluding carboxylic acids is 3. The lowest BCUT2D eigenvalue weighted by atomic mass is 10.1. The molecule has 1 saturated heterocycles. The first-order chi connectivity index (χ1) is 15.1. The van der Waals surface area contributed by atoms with Crippen LogP contribution in [0.1, 0.15) is 32.1 Å². The van der Waals surface area contributed by atoms with Crippen LogP contribution in [0.15, 0.2) is 0 Å². The molecule has 4 unspecified atom stereocenters. The first-order valence-corrected chi connectivity index (χ1v) is 13.0. The van der Waals surface area contributed by atoms with Gasteiger partial charge < -0.3 is 31.5 Å². The van der Waals surface area contributed by atoms with Crippen molar-refractivity contribution in [2.24, 2.45) is 5.73 Å². The molecule has 3 amide bonds. The SMILES string of the molecule is CSCCC(NC(=O)C(CCSC)NC(=O)C1CCCN1C(=O)C(N)CC(=O)O)C(=O)O. The van der Waals surface area contributed by atoms with E-state index < -0.39 is 60.2 Å². The lowest BCUT2D eigenvalue weighted by Gasteiger charge is -2.28. The summed E-state index contributed by atoms with van der Waals surface area (Å²) in [5, 5.41) is 23.4. The van der Waals surface area contributed by atoms with Gasteiger partial charge in [0.15, 0.2) is 0 Å². The van der Waals surface area contributed by atoms with Crippen LogP contribution < -0.4 is 16.4 Å². The van der Waals surface area contributed by atoms with Gasteiger partial charge in [0, 0.05) is 6.54 Å². The number of carboxylic acid groups (broad SMARTS) is 2. The Kier molecular flexibility index (Phi) is 12.5. The van der Waals surface area contributed by atoms with Crippen LogP contribution in [0.5, 0.6) is 0 Å². The Morgan fingerprint density at radius 3 is 2.16 bits per heavy atom. The van der Waals surface area contributed by atoms with Gasteiger partial charge in [0.2, 0.25) is 17.7 Å². The highest BCUT2D eigenvalue weighted by molar-refractivity contribution is 7.98. The highest BCUT2D eigenvalue weighted by Crippen LogP contribution is 2.19. The first kappa shape index (κ1) is 28.0. The van der Waals surface area contributed by atoms with Crippen molar-refractivity contribution in [3.63, 3.8) is 0 Å². The summed E-state index contributed by atoms with van der Waals surface area (Å²) in [5.41, 5.74) is 5.67. The predicted molar refractivity (Wildman–Crippen MR) is 122 cm³/mol. The molecule has 13 heteroatoms. The zero-order valence-electron chi connectivity index (χ0n) is 18.2. The van der Waals surface area contributed by atoms with Crippen molar-refractivity contribution in [2.75, 3.05) is 30.6 Å². The van der Waals surface area contributed by atoms with Gasteiger partial charge in [-0.1, -0.05) is 0 Å². The molecule has 182 valence electrons. The molecule has 0 aromatic rings. The van der Waals surface area contributed by atoms with E-state index in [2.05, 4.69) is 10.6 Å². The zero-order chi connectivity index (χ0) is 24.3. The minimum atomic E-state index is -1.26. The summed E-state index contributed by atoms with van der Waals surface area (Å²) in [5.74, 6) is -3.03. The van der Waals surface area contributed by atoms with Gasteiger partial charge in [-0.2, -0.15) is 23.5 Å². The molecule has 11 nitrogen and oxygen atoms in total. The highest BCUT2D eigenvalue weighted by Gasteiger charge is 2.38. The number of nitrogens with zero attached hydrogens (tertiary/aromatic N) is 1. The molecule has 1 rings (SSSR count). The molecule has 1 aliphatic heterocycles. The fourth-order valence-corrected chi connectivity index (χ4v) is 4.27. The number of rotatable bonds is 14. The smallest absolute Gasteiger partial charge is 0.326 e. The molecule has 4 atom stereocenters. The number of likely N-dealkylation sites (tertiary alicyclic amines) is 1. The molecule has 0 bridgehead atoms. The van der Waals surface area contributed by atoms with Gasteiger partial charge in [-0.15, -0.1) is 0 Å². The van der Waals surface area contributed by atoms with Crippen LogP contribution >= 0.6 is 23.5 Å². The maximum Gasteiger partial charge on any atom is 0.326 e. The van der Waals surface area contributed by atoms with Crippen molar-refractivity contribution >= 4 is 53.2 Å². The van der Waals surface area contributed by atoms with Crippen molar-refractivity contribution in [3.8, 4) is 0 Å². The molecule has 32 heavy (non-hydrogen) atoms. The monoisotopic (exact) mass is 492 g/mol. The van der Waals surface area contributed by atoms with E-state index in [1.165, 1.54) is 28.4 Å². The van der Waals surface area contributed by atoms with Crippen LogP contribution in [0, 0.1) is 0 Å². The first-order valence-electron chi connectivity index (χ1n) is 10.2. The molecule has 1 heterocycles. The molecule has 0 spiro atoms. The van der Waals surface area contributed by atoms with Gasteiger partial charge in [0.1, 0.15) is 18.1 Å². The summed E-state index contributed by atoms with van der Waals surface area (Å²) < 4.78 is 0. The molecule has 0 saturated carbocycles. The molecule has 0 aromatic carbocycles. The third kappa shape index (κ3) is 8.87. The maximum atomic E-state index is 12.9. The Morgan fingerprint density at radius 1 is 1.03 bits per heavy atom. The van der Waals surface area contributed by atoms with E-state index >= 15 is 0 Å². The molecular weight excluding hydrogens is 460 g/mol. The van der Waals surface area contributed by atoms with Gasteiger partial charge in [-0.3, -0.25) is 19.2 Å². The van der Waals surface area contributed by atoms with E-state index in [4.69, 9.17) is 10.8 Å². The summed E-state index contributed by atoms with van der Waals surface area (Å²) in [4.78, 5) is 61.7. The molecular formula is C19H32N4O7S2. The minimum Gasteiger partial charge on any atom is -0.481 e. The topological polar surface area (TPSA) is 179 Å². The predicted octanol–water partition coefficient (Wildman–Crippen LogP) is -0.660. The van der Waals surface area contributed by atoms with E-state index in [1.54, 1.807) is 0 Å². The molecule has 0 aromatic heterocycles. The minimum absolute atomic E-state index is 0.248. The van der Waals surface area contributed by atoms with E-state index in [0.717, 1.165) is 0 Å². The van der Waals surface area contributed by atoms with Crippen molar-refractivity contribution in [3.05, 3.63) is 0 Å². The van der Waals surface area contributed by atoms with Crippen molar-refractivity contribution in [2.45, 2.75) is 56.3 Å². The fraction of sp³-hybridized carbons (Fsp3) is 0.737. The van der Waals surface area contributed by atoms with Gasteiger partial charge in [-0.25, -0.2) is 4.79 Å². The Morgan fingerprint density at radius 2 is 1.62 bits per heavy atom. The Hall–Kier alpha value is -1.99. The number of hydrogen-bond donors (Lipinski definition) is 5. The fourth-order valence-electron chi connectivity index (χ4n) is 3.33. The maximum absolute atomic E-state index is 12.9. The van der Waals surface area contributed by atoms with Gasteiger partial charge in [0.05, 0.1) is 12.5 Å². The van der Waals surface area contributed by atoms with Crippen LogP contribution in [0.2, 0.25) is 0 Å². The normalized spacial score (nSPS) is 18.5. The number of carbonyl (C=O) groups is 5. The zero-order valence-corrected chi connectivity index (χ0v) is 19.9. The number of thioether (sulfide) groups is 2. The second kappa shape index (κ2) is 14.2. The van der Waals surface area contributed by atoms with Crippen LogP contribution in [0.3, 0.4) is 0 Å². The van der Waals surface area contributed by atoms with Crippen LogP contribution in [0.25, 0.3) is 0 Å². The van der Waals surface area contributed by atoms with E-state index in [1.807, 2.05) is 12.5 Å². The number of nitrogens with one attached hydrogen (secondary N) is 2. The summed E-state index contributed by atoms with van der Waals surface area (Å²) in [6.07, 6.45) is 4.57.